The van der Waals surface area contributed by atoms with E-state index < -0.39 is 0 Å². The summed E-state index contributed by atoms with van der Waals surface area (Å²) in [7, 11) is 0. The smallest absolute Gasteiger partial charge is 0.0758 e. The molecule has 3 saturated heterocycles. The number of hydrogen-bond acceptors (Lipinski definition) is 4. The molecule has 0 spiro atoms. The van der Waals surface area contributed by atoms with Crippen LogP contribution in [-0.4, -0.2) is 34.9 Å². The van der Waals surface area contributed by atoms with Crippen LogP contribution in [-0.2, 0) is 6.54 Å². The van der Waals surface area contributed by atoms with E-state index in [1.807, 2.05) is 0 Å². The normalized spacial score (nSPS) is 30.0. The summed E-state index contributed by atoms with van der Waals surface area (Å²) in [4.78, 5) is 2.59. The molecule has 4 heterocycles. The Kier molecular flexibility index (Phi) is 3.02. The summed E-state index contributed by atoms with van der Waals surface area (Å²) in [6, 6.07) is 9.21. The third kappa shape index (κ3) is 2.18. The van der Waals surface area contributed by atoms with Crippen molar-refractivity contribution < 1.29 is 0 Å². The molecule has 0 radical (unpaired) electrons. The third-order valence-corrected chi connectivity index (χ3v) is 5.50. The summed E-state index contributed by atoms with van der Waals surface area (Å²) >= 11 is 1.62. The highest BCUT2D eigenvalue weighted by Crippen LogP contribution is 2.28. The minimum Gasteiger partial charge on any atom is -0.307 e. The van der Waals surface area contributed by atoms with Crippen molar-refractivity contribution in [1.82, 2.24) is 14.6 Å². The standard InChI is InChI=1S/C15H19N3S/c1-2-4-15-12(3-1)13(17-19-15)9-16-14-10-18-7-5-11(14)6-8-18/h1-4,11,14,16H,5-10H2. The second-order valence-electron chi connectivity index (χ2n) is 5.75. The van der Waals surface area contributed by atoms with Gasteiger partial charge in [-0.05, 0) is 49.4 Å². The molecule has 2 bridgehead atoms. The van der Waals surface area contributed by atoms with E-state index in [1.165, 1.54) is 48.3 Å². The predicted octanol–water partition coefficient (Wildman–Crippen LogP) is 2.48. The van der Waals surface area contributed by atoms with Crippen molar-refractivity contribution in [2.24, 2.45) is 5.92 Å². The number of fused-ring (bicyclic) bond motifs is 4. The van der Waals surface area contributed by atoms with E-state index in [4.69, 9.17) is 0 Å². The Bertz CT molecular complexity index is 572. The lowest BCUT2D eigenvalue weighted by atomic mass is 9.84. The Hall–Kier alpha value is -0.970. The second-order valence-corrected chi connectivity index (χ2v) is 6.56. The number of rotatable bonds is 3. The lowest BCUT2D eigenvalue weighted by Crippen LogP contribution is -2.55. The number of nitrogens with one attached hydrogen (secondary N) is 1. The van der Waals surface area contributed by atoms with Crippen LogP contribution >= 0.6 is 11.5 Å². The Labute approximate surface area is 117 Å². The first-order valence-electron chi connectivity index (χ1n) is 7.19. The summed E-state index contributed by atoms with van der Waals surface area (Å²) in [5.41, 5.74) is 1.22. The van der Waals surface area contributed by atoms with Crippen LogP contribution in [0.15, 0.2) is 24.3 Å². The minimum atomic E-state index is 0.669. The lowest BCUT2D eigenvalue weighted by Gasteiger charge is -2.45. The summed E-state index contributed by atoms with van der Waals surface area (Å²) in [6.07, 6.45) is 2.74. The highest BCUT2D eigenvalue weighted by molar-refractivity contribution is 7.13. The van der Waals surface area contributed by atoms with Gasteiger partial charge in [0, 0.05) is 24.5 Å². The Morgan fingerprint density at radius 2 is 2.11 bits per heavy atom. The number of nitrogens with zero attached hydrogens (tertiary/aromatic N) is 2. The number of benzene rings is 1. The first kappa shape index (κ1) is 11.8. The van der Waals surface area contributed by atoms with Crippen LogP contribution in [0, 0.1) is 5.92 Å². The van der Waals surface area contributed by atoms with Gasteiger partial charge in [0.15, 0.2) is 0 Å². The van der Waals surface area contributed by atoms with E-state index in [-0.39, 0.29) is 0 Å². The van der Waals surface area contributed by atoms with Crippen LogP contribution < -0.4 is 5.32 Å². The van der Waals surface area contributed by atoms with Crippen molar-refractivity contribution in [1.29, 1.82) is 0 Å². The van der Waals surface area contributed by atoms with Gasteiger partial charge in [0.05, 0.1) is 10.4 Å². The molecule has 3 aliphatic heterocycles. The van der Waals surface area contributed by atoms with Gasteiger partial charge in [0.1, 0.15) is 0 Å². The maximum absolute atomic E-state index is 4.61. The number of hydrogen-bond donors (Lipinski definition) is 1. The fourth-order valence-electron chi connectivity index (χ4n) is 3.49. The van der Waals surface area contributed by atoms with E-state index in [0.717, 1.165) is 12.5 Å². The molecule has 100 valence electrons. The molecule has 1 aromatic carbocycles. The lowest BCUT2D eigenvalue weighted by molar-refractivity contribution is 0.0719. The molecule has 19 heavy (non-hydrogen) atoms. The van der Waals surface area contributed by atoms with Gasteiger partial charge < -0.3 is 10.2 Å². The van der Waals surface area contributed by atoms with Gasteiger partial charge in [0.25, 0.3) is 0 Å². The molecular formula is C15H19N3S. The zero-order valence-electron chi connectivity index (χ0n) is 11.0. The zero-order valence-corrected chi connectivity index (χ0v) is 11.8. The van der Waals surface area contributed by atoms with Crippen molar-refractivity contribution in [2.45, 2.75) is 25.4 Å². The molecule has 5 rings (SSSR count). The molecule has 1 aromatic heterocycles. The molecule has 3 fully saturated rings. The molecule has 3 nitrogen and oxygen atoms in total. The summed E-state index contributed by atoms with van der Waals surface area (Å²) < 4.78 is 5.91. The largest absolute Gasteiger partial charge is 0.307 e. The van der Waals surface area contributed by atoms with Crippen LogP contribution in [0.1, 0.15) is 18.5 Å². The Morgan fingerprint density at radius 3 is 2.89 bits per heavy atom. The van der Waals surface area contributed by atoms with Gasteiger partial charge in [-0.1, -0.05) is 18.2 Å². The molecule has 0 aliphatic carbocycles. The first-order chi connectivity index (χ1) is 9.40. The quantitative estimate of drug-likeness (QED) is 0.931. The molecule has 1 atom stereocenters. The summed E-state index contributed by atoms with van der Waals surface area (Å²) in [6.45, 7) is 4.76. The van der Waals surface area contributed by atoms with Crippen LogP contribution in [0.2, 0.25) is 0 Å². The van der Waals surface area contributed by atoms with Crippen molar-refractivity contribution in [2.75, 3.05) is 19.6 Å². The van der Waals surface area contributed by atoms with Crippen LogP contribution in [0.5, 0.6) is 0 Å². The van der Waals surface area contributed by atoms with Crippen LogP contribution in [0.25, 0.3) is 10.1 Å². The van der Waals surface area contributed by atoms with Gasteiger partial charge in [-0.3, -0.25) is 0 Å². The molecule has 4 heteroatoms. The van der Waals surface area contributed by atoms with E-state index in [1.54, 1.807) is 11.5 Å². The van der Waals surface area contributed by atoms with Crippen molar-refractivity contribution >= 4 is 21.6 Å². The fourth-order valence-corrected chi connectivity index (χ4v) is 4.28. The monoisotopic (exact) mass is 273 g/mol. The van der Waals surface area contributed by atoms with Gasteiger partial charge >= 0.3 is 0 Å². The Balaban J connectivity index is 1.47. The van der Waals surface area contributed by atoms with Gasteiger partial charge in [-0.25, -0.2) is 0 Å². The van der Waals surface area contributed by atoms with E-state index >= 15 is 0 Å². The molecule has 0 amide bonds. The SMILES string of the molecule is c1ccc2c(CNC3CN4CCC3CC4)nsc2c1. The van der Waals surface area contributed by atoms with Crippen LogP contribution in [0.3, 0.4) is 0 Å². The average molecular weight is 273 g/mol. The van der Waals surface area contributed by atoms with Crippen LogP contribution in [0.4, 0.5) is 0 Å². The maximum Gasteiger partial charge on any atom is 0.0758 e. The van der Waals surface area contributed by atoms with Crippen molar-refractivity contribution in [3.63, 3.8) is 0 Å². The molecule has 2 aromatic rings. The molecular weight excluding hydrogens is 254 g/mol. The second kappa shape index (κ2) is 4.85. The molecule has 3 aliphatic rings. The Morgan fingerprint density at radius 1 is 1.26 bits per heavy atom. The zero-order chi connectivity index (χ0) is 12.7. The molecule has 0 saturated carbocycles. The van der Waals surface area contributed by atoms with Gasteiger partial charge in [0.2, 0.25) is 0 Å². The minimum absolute atomic E-state index is 0.669. The number of aromatic nitrogens is 1. The van der Waals surface area contributed by atoms with Crippen molar-refractivity contribution in [3.05, 3.63) is 30.0 Å². The summed E-state index contributed by atoms with van der Waals surface area (Å²) in [5.74, 6) is 0.884. The van der Waals surface area contributed by atoms with Gasteiger partial charge in [-0.15, -0.1) is 0 Å². The highest BCUT2D eigenvalue weighted by atomic mass is 32.1. The first-order valence-corrected chi connectivity index (χ1v) is 7.96. The predicted molar refractivity (Wildman–Crippen MR) is 79.4 cm³/mol. The maximum atomic E-state index is 4.61. The third-order valence-electron chi connectivity index (χ3n) is 4.64. The number of piperidine rings is 3. The average Bonchev–Trinajstić information content (AvgIpc) is 2.90. The summed E-state index contributed by atoms with van der Waals surface area (Å²) in [5, 5.41) is 5.07. The van der Waals surface area contributed by atoms with E-state index in [0.29, 0.717) is 6.04 Å². The fraction of sp³-hybridized carbons (Fsp3) is 0.533. The van der Waals surface area contributed by atoms with E-state index in [9.17, 15) is 0 Å². The van der Waals surface area contributed by atoms with E-state index in [2.05, 4.69) is 38.9 Å². The van der Waals surface area contributed by atoms with Gasteiger partial charge in [-0.2, -0.15) is 4.37 Å². The topological polar surface area (TPSA) is 28.2 Å². The molecule has 1 unspecified atom stereocenters. The highest BCUT2D eigenvalue weighted by Gasteiger charge is 2.33. The van der Waals surface area contributed by atoms with Crippen molar-refractivity contribution in [3.8, 4) is 0 Å². The molecule has 1 N–H and O–H groups in total.